The summed E-state index contributed by atoms with van der Waals surface area (Å²) in [6, 6.07) is 6.44. The Labute approximate surface area is 98.5 Å². The molecule has 0 aromatic heterocycles. The zero-order valence-corrected chi connectivity index (χ0v) is 9.67. The van der Waals surface area contributed by atoms with Crippen LogP contribution >= 0.6 is 11.6 Å². The molecular weight excluding hydrogens is 228 g/mol. The van der Waals surface area contributed by atoms with E-state index in [2.05, 4.69) is 5.32 Å². The second-order valence-electron chi connectivity index (χ2n) is 3.82. The summed E-state index contributed by atoms with van der Waals surface area (Å²) in [6.07, 6.45) is 0. The molecule has 5 heteroatoms. The van der Waals surface area contributed by atoms with Gasteiger partial charge in [-0.25, -0.2) is 0 Å². The summed E-state index contributed by atoms with van der Waals surface area (Å²) in [5.41, 5.74) is -0.797. The quantitative estimate of drug-likeness (QED) is 0.827. The van der Waals surface area contributed by atoms with Gasteiger partial charge in [-0.15, -0.1) is 0 Å². The van der Waals surface area contributed by atoms with Crippen molar-refractivity contribution in [3.8, 4) is 6.07 Å². The number of halogens is 1. The Morgan fingerprint density at radius 3 is 2.69 bits per heavy atom. The lowest BCUT2D eigenvalue weighted by Crippen LogP contribution is -2.36. The molecular formula is C11H11ClN2O2. The number of carbonyl (C=O) groups excluding carboxylic acids is 1. The van der Waals surface area contributed by atoms with Crippen molar-refractivity contribution in [3.05, 3.63) is 28.8 Å². The topological polar surface area (TPSA) is 73.1 Å². The minimum atomic E-state index is -1.49. The zero-order chi connectivity index (χ0) is 12.3. The molecule has 0 atom stereocenters. The lowest BCUT2D eigenvalue weighted by atomic mass is 10.1. The van der Waals surface area contributed by atoms with Gasteiger partial charge in [-0.1, -0.05) is 11.6 Å². The van der Waals surface area contributed by atoms with Gasteiger partial charge in [-0.05, 0) is 32.0 Å². The van der Waals surface area contributed by atoms with Gasteiger partial charge in [0.15, 0.2) is 0 Å². The van der Waals surface area contributed by atoms with Gasteiger partial charge in [0, 0.05) is 0 Å². The molecule has 0 aliphatic heterocycles. The molecule has 1 aromatic carbocycles. The summed E-state index contributed by atoms with van der Waals surface area (Å²) in [7, 11) is 0. The molecule has 0 unspecified atom stereocenters. The minimum absolute atomic E-state index is 0.313. The molecule has 0 radical (unpaired) electrons. The number of nitriles is 1. The van der Waals surface area contributed by atoms with E-state index >= 15 is 0 Å². The molecule has 1 aromatic rings. The first kappa shape index (κ1) is 12.5. The van der Waals surface area contributed by atoms with E-state index in [-0.39, 0.29) is 0 Å². The number of nitrogens with zero attached hydrogens (tertiary/aromatic N) is 1. The fraction of sp³-hybridized carbons (Fsp3) is 0.273. The summed E-state index contributed by atoms with van der Waals surface area (Å²) >= 11 is 5.84. The number of hydrogen-bond acceptors (Lipinski definition) is 3. The average Bonchev–Trinajstić information content (AvgIpc) is 2.19. The van der Waals surface area contributed by atoms with Crippen LogP contribution in [-0.4, -0.2) is 16.6 Å². The van der Waals surface area contributed by atoms with E-state index in [0.717, 1.165) is 0 Å². The molecule has 0 aliphatic carbocycles. The molecule has 0 aliphatic rings. The third kappa shape index (κ3) is 2.96. The molecule has 4 nitrogen and oxygen atoms in total. The SMILES string of the molecule is CC(C)(O)C(=O)Nc1cc(C#N)ccc1Cl. The van der Waals surface area contributed by atoms with Crippen molar-refractivity contribution in [2.24, 2.45) is 0 Å². The second kappa shape index (κ2) is 4.52. The maximum atomic E-state index is 11.5. The Hall–Kier alpha value is -1.57. The van der Waals surface area contributed by atoms with E-state index in [4.69, 9.17) is 16.9 Å². The van der Waals surface area contributed by atoms with E-state index < -0.39 is 11.5 Å². The standard InChI is InChI=1S/C11H11ClN2O2/c1-11(2,16)10(15)14-9-5-7(6-13)3-4-8(9)12/h3-5,16H,1-2H3,(H,14,15). The van der Waals surface area contributed by atoms with Crippen LogP contribution in [0.3, 0.4) is 0 Å². The van der Waals surface area contributed by atoms with Crippen LogP contribution in [0.25, 0.3) is 0 Å². The number of nitrogens with one attached hydrogen (secondary N) is 1. The van der Waals surface area contributed by atoms with Gasteiger partial charge in [0.2, 0.25) is 0 Å². The normalized spacial score (nSPS) is 10.7. The lowest BCUT2D eigenvalue weighted by Gasteiger charge is -2.17. The maximum absolute atomic E-state index is 11.5. The van der Waals surface area contributed by atoms with Gasteiger partial charge in [-0.3, -0.25) is 4.79 Å². The van der Waals surface area contributed by atoms with Crippen LogP contribution in [0.1, 0.15) is 19.4 Å². The largest absolute Gasteiger partial charge is 0.381 e. The number of carbonyl (C=O) groups is 1. The molecule has 16 heavy (non-hydrogen) atoms. The summed E-state index contributed by atoms with van der Waals surface area (Å²) in [4.78, 5) is 11.5. The van der Waals surface area contributed by atoms with Crippen molar-refractivity contribution in [2.75, 3.05) is 5.32 Å². The van der Waals surface area contributed by atoms with Crippen LogP contribution in [-0.2, 0) is 4.79 Å². The van der Waals surface area contributed by atoms with E-state index in [1.807, 2.05) is 6.07 Å². The van der Waals surface area contributed by atoms with Gasteiger partial charge < -0.3 is 10.4 Å². The third-order valence-electron chi connectivity index (χ3n) is 1.90. The average molecular weight is 239 g/mol. The van der Waals surface area contributed by atoms with Gasteiger partial charge in [0.05, 0.1) is 22.3 Å². The number of anilines is 1. The Bertz CT molecular complexity index is 458. The lowest BCUT2D eigenvalue weighted by molar-refractivity contribution is -0.130. The predicted molar refractivity (Wildman–Crippen MR) is 61.1 cm³/mol. The highest BCUT2D eigenvalue weighted by Crippen LogP contribution is 2.23. The van der Waals surface area contributed by atoms with Crippen LogP contribution < -0.4 is 5.32 Å². The first-order valence-corrected chi connectivity index (χ1v) is 4.96. The first-order chi connectivity index (χ1) is 7.34. The fourth-order valence-corrected chi connectivity index (χ4v) is 1.13. The predicted octanol–water partition coefficient (Wildman–Crippen LogP) is 1.92. The maximum Gasteiger partial charge on any atom is 0.255 e. The van der Waals surface area contributed by atoms with Crippen LogP contribution in [0, 0.1) is 11.3 Å². The monoisotopic (exact) mass is 238 g/mol. The van der Waals surface area contributed by atoms with Crippen molar-refractivity contribution in [2.45, 2.75) is 19.4 Å². The highest BCUT2D eigenvalue weighted by atomic mass is 35.5. The first-order valence-electron chi connectivity index (χ1n) is 4.58. The molecule has 1 amide bonds. The molecule has 0 fully saturated rings. The van der Waals surface area contributed by atoms with E-state index in [1.165, 1.54) is 26.0 Å². The molecule has 1 rings (SSSR count). The van der Waals surface area contributed by atoms with E-state index in [1.54, 1.807) is 6.07 Å². The van der Waals surface area contributed by atoms with Gasteiger partial charge in [0.1, 0.15) is 5.60 Å². The summed E-state index contributed by atoms with van der Waals surface area (Å²) in [6.45, 7) is 2.73. The molecule has 0 saturated heterocycles. The Morgan fingerprint density at radius 1 is 1.56 bits per heavy atom. The van der Waals surface area contributed by atoms with Gasteiger partial charge >= 0.3 is 0 Å². The van der Waals surface area contributed by atoms with E-state index in [9.17, 15) is 9.90 Å². The number of amides is 1. The number of rotatable bonds is 2. The fourth-order valence-electron chi connectivity index (χ4n) is 0.966. The number of hydrogen-bond donors (Lipinski definition) is 2. The molecule has 0 heterocycles. The third-order valence-corrected chi connectivity index (χ3v) is 2.23. The number of benzene rings is 1. The van der Waals surface area contributed by atoms with Crippen molar-refractivity contribution < 1.29 is 9.90 Å². The van der Waals surface area contributed by atoms with Crippen molar-refractivity contribution in [1.29, 1.82) is 5.26 Å². The highest BCUT2D eigenvalue weighted by molar-refractivity contribution is 6.33. The Balaban J connectivity index is 2.98. The van der Waals surface area contributed by atoms with Crippen molar-refractivity contribution >= 4 is 23.2 Å². The minimum Gasteiger partial charge on any atom is -0.381 e. The Morgan fingerprint density at radius 2 is 2.19 bits per heavy atom. The summed E-state index contributed by atoms with van der Waals surface area (Å²) in [5, 5.41) is 20.9. The van der Waals surface area contributed by atoms with Crippen LogP contribution in [0.5, 0.6) is 0 Å². The van der Waals surface area contributed by atoms with Gasteiger partial charge in [-0.2, -0.15) is 5.26 Å². The summed E-state index contributed by atoms with van der Waals surface area (Å²) < 4.78 is 0. The van der Waals surface area contributed by atoms with Crippen LogP contribution in [0.2, 0.25) is 5.02 Å². The van der Waals surface area contributed by atoms with E-state index in [0.29, 0.717) is 16.3 Å². The zero-order valence-electron chi connectivity index (χ0n) is 8.91. The molecule has 0 bridgehead atoms. The van der Waals surface area contributed by atoms with Crippen molar-refractivity contribution in [3.63, 3.8) is 0 Å². The van der Waals surface area contributed by atoms with Crippen LogP contribution in [0.4, 0.5) is 5.69 Å². The van der Waals surface area contributed by atoms with Gasteiger partial charge in [0.25, 0.3) is 5.91 Å². The van der Waals surface area contributed by atoms with Crippen LogP contribution in [0.15, 0.2) is 18.2 Å². The summed E-state index contributed by atoms with van der Waals surface area (Å²) in [5.74, 6) is -0.579. The molecule has 84 valence electrons. The molecule has 0 spiro atoms. The number of aliphatic hydroxyl groups is 1. The molecule has 0 saturated carbocycles. The Kier molecular flexibility index (Phi) is 3.53. The second-order valence-corrected chi connectivity index (χ2v) is 4.23. The molecule has 2 N–H and O–H groups in total. The van der Waals surface area contributed by atoms with Crippen molar-refractivity contribution in [1.82, 2.24) is 0 Å². The highest BCUT2D eigenvalue weighted by Gasteiger charge is 2.24. The smallest absolute Gasteiger partial charge is 0.255 e.